The van der Waals surface area contributed by atoms with Crippen molar-refractivity contribution in [3.63, 3.8) is 0 Å². The van der Waals surface area contributed by atoms with Crippen LogP contribution in [-0.2, 0) is 16.1 Å². The lowest BCUT2D eigenvalue weighted by molar-refractivity contribution is -0.135. The average molecular weight is 383 g/mol. The lowest BCUT2D eigenvalue weighted by Gasteiger charge is -2.26. The van der Waals surface area contributed by atoms with Crippen molar-refractivity contribution in [2.75, 3.05) is 38.8 Å². The van der Waals surface area contributed by atoms with Crippen LogP contribution >= 0.6 is 0 Å². The van der Waals surface area contributed by atoms with E-state index in [9.17, 15) is 4.79 Å². The second-order valence-corrected chi connectivity index (χ2v) is 7.52. The van der Waals surface area contributed by atoms with Crippen molar-refractivity contribution in [3.05, 3.63) is 59.7 Å². The molecule has 5 nitrogen and oxygen atoms in total. The highest BCUT2D eigenvalue weighted by Crippen LogP contribution is 2.19. The number of carbonyl (C=O) groups excluding carboxylic acids is 1. The first-order valence-corrected chi connectivity index (χ1v) is 9.87. The van der Waals surface area contributed by atoms with E-state index in [1.54, 1.807) is 0 Å². The number of benzene rings is 2. The number of hydrogen-bond donors (Lipinski definition) is 0. The molecule has 0 N–H and O–H groups in total. The fourth-order valence-corrected chi connectivity index (χ4v) is 3.36. The van der Waals surface area contributed by atoms with E-state index in [4.69, 9.17) is 9.47 Å². The van der Waals surface area contributed by atoms with Crippen LogP contribution < -0.4 is 9.64 Å². The Labute approximate surface area is 167 Å². The molecule has 1 aliphatic heterocycles. The van der Waals surface area contributed by atoms with Gasteiger partial charge in [-0.25, -0.2) is 0 Å². The van der Waals surface area contributed by atoms with E-state index in [-0.39, 0.29) is 18.6 Å². The largest absolute Gasteiger partial charge is 0.484 e. The molecule has 3 rings (SSSR count). The van der Waals surface area contributed by atoms with Gasteiger partial charge in [0.25, 0.3) is 5.91 Å². The summed E-state index contributed by atoms with van der Waals surface area (Å²) in [4.78, 5) is 16.9. The first kappa shape index (κ1) is 20.2. The van der Waals surface area contributed by atoms with Gasteiger partial charge < -0.3 is 19.3 Å². The topological polar surface area (TPSA) is 42.0 Å². The van der Waals surface area contributed by atoms with Gasteiger partial charge in [0.05, 0.1) is 6.10 Å². The fraction of sp³-hybridized carbons (Fsp3) is 0.435. The lowest BCUT2D eigenvalue weighted by Crippen LogP contribution is -2.39. The highest BCUT2D eigenvalue weighted by Gasteiger charge is 2.23. The predicted molar refractivity (Wildman–Crippen MR) is 112 cm³/mol. The van der Waals surface area contributed by atoms with Crippen molar-refractivity contribution in [2.45, 2.75) is 32.4 Å². The smallest absolute Gasteiger partial charge is 0.260 e. The van der Waals surface area contributed by atoms with Crippen LogP contribution in [0.4, 0.5) is 5.69 Å². The average Bonchev–Trinajstić information content (AvgIpc) is 3.20. The molecule has 1 amide bonds. The van der Waals surface area contributed by atoms with Gasteiger partial charge in [0.2, 0.25) is 0 Å². The van der Waals surface area contributed by atoms with Crippen molar-refractivity contribution >= 4 is 11.6 Å². The molecular weight excluding hydrogens is 352 g/mol. The third kappa shape index (κ3) is 5.49. The maximum atomic E-state index is 12.9. The Bertz CT molecular complexity index is 768. The Balaban J connectivity index is 1.66. The summed E-state index contributed by atoms with van der Waals surface area (Å²) < 4.78 is 11.6. The third-order valence-electron chi connectivity index (χ3n) is 5.07. The molecule has 1 fully saturated rings. The Morgan fingerprint density at radius 3 is 2.54 bits per heavy atom. The summed E-state index contributed by atoms with van der Waals surface area (Å²) in [5.74, 6) is 0.735. The summed E-state index contributed by atoms with van der Waals surface area (Å²) in [6.07, 6.45) is 2.18. The minimum Gasteiger partial charge on any atom is -0.484 e. The number of ether oxygens (including phenoxy) is 2. The van der Waals surface area contributed by atoms with E-state index >= 15 is 0 Å². The molecule has 5 heteroatoms. The number of aryl methyl sites for hydroxylation is 1. The van der Waals surface area contributed by atoms with Crippen LogP contribution in [0, 0.1) is 6.92 Å². The number of rotatable bonds is 8. The van der Waals surface area contributed by atoms with E-state index < -0.39 is 0 Å². The van der Waals surface area contributed by atoms with Crippen LogP contribution in [0.25, 0.3) is 0 Å². The first-order chi connectivity index (χ1) is 13.5. The van der Waals surface area contributed by atoms with Crippen molar-refractivity contribution in [2.24, 2.45) is 0 Å². The monoisotopic (exact) mass is 382 g/mol. The Kier molecular flexibility index (Phi) is 6.93. The zero-order valence-corrected chi connectivity index (χ0v) is 17.1. The number of anilines is 1. The molecule has 0 radical (unpaired) electrons. The zero-order chi connectivity index (χ0) is 19.9. The molecule has 28 heavy (non-hydrogen) atoms. The number of amides is 1. The Morgan fingerprint density at radius 2 is 1.89 bits per heavy atom. The lowest BCUT2D eigenvalue weighted by atomic mass is 10.1. The summed E-state index contributed by atoms with van der Waals surface area (Å²) in [6.45, 7) is 3.96. The van der Waals surface area contributed by atoms with Crippen LogP contribution in [0.3, 0.4) is 0 Å². The van der Waals surface area contributed by atoms with Crippen molar-refractivity contribution < 1.29 is 14.3 Å². The zero-order valence-electron chi connectivity index (χ0n) is 17.1. The van der Waals surface area contributed by atoms with Gasteiger partial charge in [0.1, 0.15) is 5.75 Å². The molecule has 2 aromatic rings. The van der Waals surface area contributed by atoms with Gasteiger partial charge in [-0.15, -0.1) is 0 Å². The minimum absolute atomic E-state index is 0.0181. The van der Waals surface area contributed by atoms with Crippen LogP contribution in [0.1, 0.15) is 24.0 Å². The molecule has 0 saturated carbocycles. The normalized spacial score (nSPS) is 16.0. The number of nitrogens with zero attached hydrogens (tertiary/aromatic N) is 2. The van der Waals surface area contributed by atoms with Crippen molar-refractivity contribution in [1.82, 2.24) is 4.90 Å². The fourth-order valence-electron chi connectivity index (χ4n) is 3.36. The first-order valence-electron chi connectivity index (χ1n) is 9.87. The van der Waals surface area contributed by atoms with Crippen LogP contribution in [0.2, 0.25) is 0 Å². The quantitative estimate of drug-likeness (QED) is 0.699. The summed E-state index contributed by atoms with van der Waals surface area (Å²) in [5.41, 5.74) is 3.27. The number of hydrogen-bond acceptors (Lipinski definition) is 4. The van der Waals surface area contributed by atoms with Crippen LogP contribution in [0.15, 0.2) is 48.5 Å². The van der Waals surface area contributed by atoms with Gasteiger partial charge in [0, 0.05) is 39.5 Å². The van der Waals surface area contributed by atoms with Gasteiger partial charge in [-0.1, -0.05) is 30.3 Å². The molecule has 1 aliphatic rings. The highest BCUT2D eigenvalue weighted by molar-refractivity contribution is 5.78. The summed E-state index contributed by atoms with van der Waals surface area (Å²) in [7, 11) is 4.04. The minimum atomic E-state index is -0.0181. The molecule has 0 spiro atoms. The third-order valence-corrected chi connectivity index (χ3v) is 5.07. The SMILES string of the molecule is Cc1ccccc1OCC(=O)N(Cc1ccc(N(C)C)cc1)C[C@@H]1CCCO1. The molecular formula is C23H30N2O3. The van der Waals surface area contributed by atoms with Crippen LogP contribution in [0.5, 0.6) is 5.75 Å². The van der Waals surface area contributed by atoms with Gasteiger partial charge in [-0.2, -0.15) is 0 Å². The standard InChI is InChI=1S/C23H30N2O3/c1-18-7-4-5-9-22(18)28-17-23(26)25(16-21-8-6-14-27-21)15-19-10-12-20(13-11-19)24(2)3/h4-5,7,9-13,21H,6,8,14-17H2,1-3H3/t21-/m0/s1. The highest BCUT2D eigenvalue weighted by atomic mass is 16.5. The van der Waals surface area contributed by atoms with Gasteiger partial charge in [-0.05, 0) is 49.1 Å². The Morgan fingerprint density at radius 1 is 1.14 bits per heavy atom. The number of carbonyl (C=O) groups is 1. The van der Waals surface area contributed by atoms with Crippen molar-refractivity contribution in [3.8, 4) is 5.75 Å². The van der Waals surface area contributed by atoms with E-state index in [0.717, 1.165) is 42.0 Å². The molecule has 150 valence electrons. The van der Waals surface area contributed by atoms with Crippen molar-refractivity contribution in [1.29, 1.82) is 0 Å². The maximum Gasteiger partial charge on any atom is 0.260 e. The van der Waals surface area contributed by atoms with E-state index in [0.29, 0.717) is 13.1 Å². The molecule has 0 aromatic heterocycles. The van der Waals surface area contributed by atoms with E-state index in [1.807, 2.05) is 50.2 Å². The summed E-state index contributed by atoms with van der Waals surface area (Å²) in [6, 6.07) is 16.1. The predicted octanol–water partition coefficient (Wildman–Crippen LogP) is 3.65. The molecule has 1 heterocycles. The summed E-state index contributed by atoms with van der Waals surface area (Å²) in [5, 5.41) is 0. The van der Waals surface area contributed by atoms with E-state index in [1.165, 1.54) is 0 Å². The molecule has 0 bridgehead atoms. The second-order valence-electron chi connectivity index (χ2n) is 7.52. The second kappa shape index (κ2) is 9.60. The molecule has 0 unspecified atom stereocenters. The molecule has 0 aliphatic carbocycles. The van der Waals surface area contributed by atoms with Gasteiger partial charge in [-0.3, -0.25) is 4.79 Å². The van der Waals surface area contributed by atoms with Gasteiger partial charge >= 0.3 is 0 Å². The molecule has 2 aromatic carbocycles. The Hall–Kier alpha value is -2.53. The maximum absolute atomic E-state index is 12.9. The molecule has 1 atom stereocenters. The number of para-hydroxylation sites is 1. The van der Waals surface area contributed by atoms with Gasteiger partial charge in [0.15, 0.2) is 6.61 Å². The van der Waals surface area contributed by atoms with E-state index in [2.05, 4.69) is 29.2 Å². The summed E-state index contributed by atoms with van der Waals surface area (Å²) >= 11 is 0. The van der Waals surface area contributed by atoms with Crippen LogP contribution in [-0.4, -0.2) is 50.8 Å². The molecule has 1 saturated heterocycles.